The number of nitrogens with zero attached hydrogens (tertiary/aromatic N) is 3. The second kappa shape index (κ2) is 6.39. The molecule has 0 atom stereocenters. The van der Waals surface area contributed by atoms with Gasteiger partial charge >= 0.3 is 0 Å². The third-order valence-corrected chi connectivity index (χ3v) is 4.16. The largest absolute Gasteiger partial charge is 0.395 e. The molecule has 1 aliphatic carbocycles. The van der Waals surface area contributed by atoms with Gasteiger partial charge in [0.25, 0.3) is 0 Å². The SMILES string of the molecule is CC(C)(C)c1nc(Br)cc(N(CCO)C2CCCC2)n1. The van der Waals surface area contributed by atoms with E-state index in [-0.39, 0.29) is 12.0 Å². The van der Waals surface area contributed by atoms with Crippen molar-refractivity contribution in [2.45, 2.75) is 57.9 Å². The molecular weight excluding hydrogens is 318 g/mol. The summed E-state index contributed by atoms with van der Waals surface area (Å²) in [5, 5.41) is 9.36. The van der Waals surface area contributed by atoms with Gasteiger partial charge in [0.05, 0.1) is 6.61 Å². The van der Waals surface area contributed by atoms with Crippen LogP contribution in [-0.2, 0) is 5.41 Å². The van der Waals surface area contributed by atoms with Crippen molar-refractivity contribution in [2.75, 3.05) is 18.1 Å². The van der Waals surface area contributed by atoms with Gasteiger partial charge in [0.15, 0.2) is 0 Å². The highest BCUT2D eigenvalue weighted by atomic mass is 79.9. The summed E-state index contributed by atoms with van der Waals surface area (Å²) < 4.78 is 0.813. The fourth-order valence-electron chi connectivity index (χ4n) is 2.70. The summed E-state index contributed by atoms with van der Waals surface area (Å²) >= 11 is 3.49. The van der Waals surface area contributed by atoms with Crippen LogP contribution in [0.3, 0.4) is 0 Å². The number of halogens is 1. The van der Waals surface area contributed by atoms with Crippen molar-refractivity contribution in [1.82, 2.24) is 9.97 Å². The summed E-state index contributed by atoms with van der Waals surface area (Å²) in [4.78, 5) is 11.5. The lowest BCUT2D eigenvalue weighted by atomic mass is 9.96. The maximum absolute atomic E-state index is 9.36. The minimum absolute atomic E-state index is 0.0842. The van der Waals surface area contributed by atoms with E-state index in [0.717, 1.165) is 16.2 Å². The van der Waals surface area contributed by atoms with Crippen molar-refractivity contribution in [2.24, 2.45) is 0 Å². The third-order valence-electron chi connectivity index (χ3n) is 3.75. The molecule has 1 aromatic rings. The quantitative estimate of drug-likeness (QED) is 0.853. The Morgan fingerprint density at radius 2 is 1.95 bits per heavy atom. The topological polar surface area (TPSA) is 49.2 Å². The molecule has 112 valence electrons. The van der Waals surface area contributed by atoms with E-state index in [1.54, 1.807) is 0 Å². The van der Waals surface area contributed by atoms with Gasteiger partial charge in [0.2, 0.25) is 0 Å². The smallest absolute Gasteiger partial charge is 0.137 e. The molecule has 0 saturated heterocycles. The number of aromatic nitrogens is 2. The molecule has 0 radical (unpaired) electrons. The number of rotatable bonds is 4. The molecule has 0 aliphatic heterocycles. The summed E-state index contributed by atoms with van der Waals surface area (Å²) in [7, 11) is 0. The minimum Gasteiger partial charge on any atom is -0.395 e. The van der Waals surface area contributed by atoms with Gasteiger partial charge in [-0.25, -0.2) is 9.97 Å². The van der Waals surface area contributed by atoms with Gasteiger partial charge in [0, 0.05) is 24.1 Å². The van der Waals surface area contributed by atoms with Crippen LogP contribution in [0.2, 0.25) is 0 Å². The van der Waals surface area contributed by atoms with Crippen LogP contribution in [0.4, 0.5) is 5.82 Å². The van der Waals surface area contributed by atoms with Crippen molar-refractivity contribution < 1.29 is 5.11 Å². The maximum Gasteiger partial charge on any atom is 0.137 e. The Hall–Kier alpha value is -0.680. The molecule has 0 bridgehead atoms. The highest BCUT2D eigenvalue weighted by Crippen LogP contribution is 2.30. The van der Waals surface area contributed by atoms with Crippen LogP contribution in [0.25, 0.3) is 0 Å². The van der Waals surface area contributed by atoms with Crippen molar-refractivity contribution in [3.8, 4) is 0 Å². The first-order valence-corrected chi connectivity index (χ1v) is 8.13. The summed E-state index contributed by atoms with van der Waals surface area (Å²) in [6.45, 7) is 7.14. The van der Waals surface area contributed by atoms with Gasteiger partial charge in [-0.15, -0.1) is 0 Å². The van der Waals surface area contributed by atoms with E-state index in [1.807, 2.05) is 6.07 Å². The van der Waals surface area contributed by atoms with Crippen LogP contribution >= 0.6 is 15.9 Å². The zero-order valence-corrected chi connectivity index (χ0v) is 14.2. The second-order valence-corrected chi connectivity index (χ2v) is 7.29. The zero-order valence-electron chi connectivity index (χ0n) is 12.6. The van der Waals surface area contributed by atoms with Crippen molar-refractivity contribution in [3.05, 3.63) is 16.5 Å². The third kappa shape index (κ3) is 3.70. The molecule has 20 heavy (non-hydrogen) atoms. The molecule has 1 fully saturated rings. The Kier molecular flexibility index (Phi) is 5.02. The van der Waals surface area contributed by atoms with Gasteiger partial charge in [-0.1, -0.05) is 33.6 Å². The second-order valence-electron chi connectivity index (χ2n) is 6.48. The fraction of sp³-hybridized carbons (Fsp3) is 0.733. The number of aliphatic hydroxyl groups is 1. The van der Waals surface area contributed by atoms with Crippen LogP contribution in [0, 0.1) is 0 Å². The number of aliphatic hydroxyl groups excluding tert-OH is 1. The van der Waals surface area contributed by atoms with Gasteiger partial charge in [-0.3, -0.25) is 0 Å². The van der Waals surface area contributed by atoms with Crippen molar-refractivity contribution >= 4 is 21.7 Å². The van der Waals surface area contributed by atoms with Crippen LogP contribution in [-0.4, -0.2) is 34.3 Å². The van der Waals surface area contributed by atoms with E-state index in [0.29, 0.717) is 12.6 Å². The molecule has 0 amide bonds. The first-order chi connectivity index (χ1) is 9.41. The molecule has 1 aromatic heterocycles. The fourth-order valence-corrected chi connectivity index (χ4v) is 3.07. The normalized spacial score (nSPS) is 16.6. The van der Waals surface area contributed by atoms with E-state index >= 15 is 0 Å². The Labute approximate surface area is 129 Å². The van der Waals surface area contributed by atoms with E-state index in [2.05, 4.69) is 46.6 Å². The lowest BCUT2D eigenvalue weighted by molar-refractivity contribution is 0.296. The lowest BCUT2D eigenvalue weighted by Crippen LogP contribution is -2.37. The Bertz CT molecular complexity index is 453. The van der Waals surface area contributed by atoms with Crippen LogP contribution in [0.5, 0.6) is 0 Å². The van der Waals surface area contributed by atoms with E-state index < -0.39 is 0 Å². The first-order valence-electron chi connectivity index (χ1n) is 7.34. The first kappa shape index (κ1) is 15.7. The standard InChI is InChI=1S/C15H24BrN3O/c1-15(2,3)14-17-12(16)10-13(18-14)19(8-9-20)11-6-4-5-7-11/h10-11,20H,4-9H2,1-3H3. The molecule has 1 saturated carbocycles. The average molecular weight is 342 g/mol. The van der Waals surface area contributed by atoms with Crippen LogP contribution < -0.4 is 4.90 Å². The number of hydrogen-bond acceptors (Lipinski definition) is 4. The van der Waals surface area contributed by atoms with Gasteiger partial charge in [0.1, 0.15) is 16.2 Å². The van der Waals surface area contributed by atoms with E-state index in [4.69, 9.17) is 4.98 Å². The van der Waals surface area contributed by atoms with Crippen molar-refractivity contribution in [3.63, 3.8) is 0 Å². The van der Waals surface area contributed by atoms with Crippen LogP contribution in [0.15, 0.2) is 10.7 Å². The molecular formula is C15H24BrN3O. The summed E-state index contributed by atoms with van der Waals surface area (Å²) in [6.07, 6.45) is 4.91. The highest BCUT2D eigenvalue weighted by Gasteiger charge is 2.26. The lowest BCUT2D eigenvalue weighted by Gasteiger charge is -2.30. The molecule has 0 unspecified atom stereocenters. The van der Waals surface area contributed by atoms with Crippen LogP contribution in [0.1, 0.15) is 52.3 Å². The minimum atomic E-state index is -0.0842. The van der Waals surface area contributed by atoms with Gasteiger partial charge < -0.3 is 10.0 Å². The highest BCUT2D eigenvalue weighted by molar-refractivity contribution is 9.10. The average Bonchev–Trinajstić information content (AvgIpc) is 2.87. The monoisotopic (exact) mass is 341 g/mol. The number of hydrogen-bond donors (Lipinski definition) is 1. The predicted molar refractivity (Wildman–Crippen MR) is 85.1 cm³/mol. The number of anilines is 1. The molecule has 4 nitrogen and oxygen atoms in total. The maximum atomic E-state index is 9.36. The molecule has 2 rings (SSSR count). The molecule has 0 aromatic carbocycles. The summed E-state index contributed by atoms with van der Waals surface area (Å²) in [5.74, 6) is 1.76. The molecule has 0 spiro atoms. The Balaban J connectivity index is 2.34. The van der Waals surface area contributed by atoms with Gasteiger partial charge in [-0.05, 0) is 28.8 Å². The van der Waals surface area contributed by atoms with E-state index in [9.17, 15) is 5.11 Å². The predicted octanol–water partition coefficient (Wildman–Crippen LogP) is 3.28. The van der Waals surface area contributed by atoms with E-state index in [1.165, 1.54) is 25.7 Å². The molecule has 1 N–H and O–H groups in total. The molecule has 1 aliphatic rings. The molecule has 1 heterocycles. The summed E-state index contributed by atoms with van der Waals surface area (Å²) in [6, 6.07) is 2.46. The van der Waals surface area contributed by atoms with Gasteiger partial charge in [-0.2, -0.15) is 0 Å². The Morgan fingerprint density at radius 1 is 1.30 bits per heavy atom. The molecule has 5 heteroatoms. The zero-order chi connectivity index (χ0) is 14.8. The summed E-state index contributed by atoms with van der Waals surface area (Å²) in [5.41, 5.74) is -0.0842. The van der Waals surface area contributed by atoms with Crippen molar-refractivity contribution in [1.29, 1.82) is 0 Å². The Morgan fingerprint density at radius 3 is 2.50 bits per heavy atom.